The maximum Gasteiger partial charge on any atom is 0.327 e. The topological polar surface area (TPSA) is 95.0 Å². The molecule has 3 amide bonds. The normalized spacial score (nSPS) is 18.8. The highest BCUT2D eigenvalue weighted by Crippen LogP contribution is 2.37. The molecule has 0 spiro atoms. The molecule has 7 nitrogen and oxygen atoms in total. The van der Waals surface area contributed by atoms with Crippen molar-refractivity contribution in [2.45, 2.75) is 57.9 Å². The average molecular weight is 457 g/mol. The molecule has 4 rings (SSSR count). The predicted molar refractivity (Wildman–Crippen MR) is 122 cm³/mol. The van der Waals surface area contributed by atoms with Crippen LogP contribution in [0.3, 0.4) is 0 Å². The fourth-order valence-electron chi connectivity index (χ4n) is 4.55. The van der Waals surface area contributed by atoms with Crippen LogP contribution >= 0.6 is 11.3 Å². The van der Waals surface area contributed by atoms with Gasteiger partial charge in [-0.3, -0.25) is 19.3 Å². The fourth-order valence-corrected chi connectivity index (χ4v) is 5.89. The zero-order chi connectivity index (χ0) is 23.2. The molecule has 0 radical (unpaired) electrons. The Kier molecular flexibility index (Phi) is 5.83. The second-order valence-electron chi connectivity index (χ2n) is 9.23. The molecule has 0 unspecified atom stereocenters. The number of amides is 3. The third-order valence-electron chi connectivity index (χ3n) is 6.89. The van der Waals surface area contributed by atoms with E-state index in [4.69, 9.17) is 0 Å². The van der Waals surface area contributed by atoms with Crippen LogP contribution in [-0.4, -0.2) is 57.7 Å². The van der Waals surface area contributed by atoms with Gasteiger partial charge in [0, 0.05) is 35.2 Å². The molecule has 1 atom stereocenters. The number of hydrogen-bond donors (Lipinski definition) is 1. The molecule has 0 bridgehead atoms. The molecule has 32 heavy (non-hydrogen) atoms. The second-order valence-corrected chi connectivity index (χ2v) is 10.4. The van der Waals surface area contributed by atoms with Crippen molar-refractivity contribution < 1.29 is 24.3 Å². The molecule has 2 heterocycles. The summed E-state index contributed by atoms with van der Waals surface area (Å²) in [6.07, 6.45) is 4.41. The number of hydrogen-bond acceptors (Lipinski definition) is 5. The Bertz CT molecular complexity index is 1120. The van der Waals surface area contributed by atoms with Crippen molar-refractivity contribution in [2.75, 3.05) is 13.6 Å². The van der Waals surface area contributed by atoms with E-state index in [1.54, 1.807) is 38.3 Å². The van der Waals surface area contributed by atoms with E-state index in [1.807, 2.05) is 12.1 Å². The summed E-state index contributed by atoms with van der Waals surface area (Å²) in [4.78, 5) is 53.5. The lowest BCUT2D eigenvalue weighted by atomic mass is 9.93. The van der Waals surface area contributed by atoms with Crippen molar-refractivity contribution in [1.82, 2.24) is 9.80 Å². The second kappa shape index (κ2) is 8.31. The van der Waals surface area contributed by atoms with Crippen LogP contribution in [0.1, 0.15) is 60.3 Å². The highest BCUT2D eigenvalue weighted by molar-refractivity contribution is 7.19. The number of aliphatic carboxylic acids is 1. The van der Waals surface area contributed by atoms with Gasteiger partial charge in [0.2, 0.25) is 0 Å². The van der Waals surface area contributed by atoms with Crippen LogP contribution in [0.25, 0.3) is 10.1 Å². The first-order valence-corrected chi connectivity index (χ1v) is 11.8. The molecule has 1 aliphatic carbocycles. The van der Waals surface area contributed by atoms with Crippen molar-refractivity contribution >= 4 is 45.1 Å². The molecular weight excluding hydrogens is 428 g/mol. The largest absolute Gasteiger partial charge is 0.481 e. The van der Waals surface area contributed by atoms with Crippen LogP contribution in [-0.2, 0) is 22.4 Å². The summed E-state index contributed by atoms with van der Waals surface area (Å²) in [5.74, 6) is -2.66. The van der Waals surface area contributed by atoms with Crippen LogP contribution in [0.5, 0.6) is 0 Å². The van der Waals surface area contributed by atoms with Gasteiger partial charge >= 0.3 is 12.0 Å². The first kappa shape index (κ1) is 22.5. The van der Waals surface area contributed by atoms with E-state index in [2.05, 4.69) is 0 Å². The number of Topliss-reactive ketones (excluding diaryl/α,β-unsaturated/α-hetero) is 1. The summed E-state index contributed by atoms with van der Waals surface area (Å²) < 4.78 is 1.08. The van der Waals surface area contributed by atoms with Gasteiger partial charge in [-0.1, -0.05) is 12.1 Å². The number of rotatable bonds is 7. The Morgan fingerprint density at radius 2 is 1.91 bits per heavy atom. The van der Waals surface area contributed by atoms with Gasteiger partial charge in [0.15, 0.2) is 5.78 Å². The van der Waals surface area contributed by atoms with E-state index < -0.39 is 23.5 Å². The summed E-state index contributed by atoms with van der Waals surface area (Å²) in [6.45, 7) is 3.29. The van der Waals surface area contributed by atoms with Gasteiger partial charge in [-0.05, 0) is 63.0 Å². The molecular formula is C24H28N2O5S. The third kappa shape index (κ3) is 3.81. The number of urea groups is 1. The number of carbonyl (C=O) groups is 4. The zero-order valence-electron chi connectivity index (χ0n) is 18.6. The number of carboxylic acids is 1. The van der Waals surface area contributed by atoms with E-state index in [9.17, 15) is 24.3 Å². The molecule has 2 aromatic rings. The Balaban J connectivity index is 1.46. The Labute approximate surface area is 191 Å². The van der Waals surface area contributed by atoms with Gasteiger partial charge < -0.3 is 10.0 Å². The van der Waals surface area contributed by atoms with Crippen molar-refractivity contribution in [3.63, 3.8) is 0 Å². The summed E-state index contributed by atoms with van der Waals surface area (Å²) in [6, 6.07) is 5.21. The summed E-state index contributed by atoms with van der Waals surface area (Å²) in [5, 5.41) is 10.9. The van der Waals surface area contributed by atoms with Crippen molar-refractivity contribution in [3.05, 3.63) is 34.2 Å². The quantitative estimate of drug-likeness (QED) is 0.500. The summed E-state index contributed by atoms with van der Waals surface area (Å²) >= 11 is 1.73. The third-order valence-corrected chi connectivity index (χ3v) is 8.14. The van der Waals surface area contributed by atoms with Gasteiger partial charge in [0.1, 0.15) is 5.54 Å². The number of nitrogens with zero attached hydrogens (tertiary/aromatic N) is 2. The van der Waals surface area contributed by atoms with E-state index in [1.165, 1.54) is 33.6 Å². The lowest BCUT2D eigenvalue weighted by Crippen LogP contribution is -2.41. The number of carboxylic acid groups (broad SMARTS) is 1. The first-order chi connectivity index (χ1) is 15.1. The molecule has 8 heteroatoms. The fraction of sp³-hybridized carbons (Fsp3) is 0.500. The molecule has 1 fully saturated rings. The van der Waals surface area contributed by atoms with Gasteiger partial charge in [-0.25, -0.2) is 4.79 Å². The Hall–Kier alpha value is -2.74. The number of likely N-dealkylation sites (N-methyl/N-ethyl adjacent to an activating group) is 1. The van der Waals surface area contributed by atoms with Crippen LogP contribution in [0.4, 0.5) is 4.79 Å². The Morgan fingerprint density at radius 1 is 1.19 bits per heavy atom. The predicted octanol–water partition coefficient (Wildman–Crippen LogP) is 4.12. The number of fused-ring (bicyclic) bond motifs is 3. The maximum atomic E-state index is 12.9. The molecule has 170 valence electrons. The van der Waals surface area contributed by atoms with Crippen LogP contribution in [0.15, 0.2) is 18.2 Å². The smallest absolute Gasteiger partial charge is 0.327 e. The van der Waals surface area contributed by atoms with E-state index >= 15 is 0 Å². The monoisotopic (exact) mass is 456 g/mol. The number of benzene rings is 1. The molecule has 1 aromatic heterocycles. The van der Waals surface area contributed by atoms with Gasteiger partial charge in [0.05, 0.1) is 5.92 Å². The number of thiophene rings is 1. The lowest BCUT2D eigenvalue weighted by molar-refractivity contribution is -0.142. The van der Waals surface area contributed by atoms with Gasteiger partial charge in [-0.2, -0.15) is 0 Å². The van der Waals surface area contributed by atoms with Crippen LogP contribution in [0.2, 0.25) is 0 Å². The minimum atomic E-state index is -1.10. The van der Waals surface area contributed by atoms with Crippen molar-refractivity contribution in [1.29, 1.82) is 0 Å². The molecule has 2 aliphatic rings. The first-order valence-electron chi connectivity index (χ1n) is 11.0. The van der Waals surface area contributed by atoms with Crippen LogP contribution < -0.4 is 0 Å². The molecule has 1 aromatic carbocycles. The van der Waals surface area contributed by atoms with Crippen LogP contribution in [0, 0.1) is 5.92 Å². The molecule has 0 saturated carbocycles. The highest BCUT2D eigenvalue weighted by Gasteiger charge is 2.49. The zero-order valence-corrected chi connectivity index (χ0v) is 19.5. The number of ketones is 1. The number of imide groups is 1. The lowest BCUT2D eigenvalue weighted by Gasteiger charge is -2.22. The molecule has 1 N–H and O–H groups in total. The average Bonchev–Trinajstić information content (AvgIpc) is 3.20. The SMILES string of the molecule is CN1C(=O)N(CC[C@@H](CC(=O)c2ccc3c4c(sc3c2)CCCC4)C(=O)O)C(=O)C1(C)C. The highest BCUT2D eigenvalue weighted by atomic mass is 32.1. The van der Waals surface area contributed by atoms with Gasteiger partial charge in [0.25, 0.3) is 5.91 Å². The molecule has 1 saturated heterocycles. The minimum absolute atomic E-state index is 0.0215. The van der Waals surface area contributed by atoms with Gasteiger partial charge in [-0.15, -0.1) is 11.3 Å². The standard InChI is InChI=1S/C24H28N2O5S/c1-24(2)22(30)26(23(31)25(24)3)11-10-15(21(28)29)12-18(27)14-8-9-17-16-6-4-5-7-19(16)32-20(17)13-14/h8-9,13,15H,4-7,10-12H2,1-3H3,(H,28,29)/t15-/m0/s1. The molecule has 1 aliphatic heterocycles. The summed E-state index contributed by atoms with van der Waals surface area (Å²) in [7, 11) is 1.55. The van der Waals surface area contributed by atoms with E-state index in [0.29, 0.717) is 5.56 Å². The number of aryl methyl sites for hydroxylation is 2. The maximum absolute atomic E-state index is 12.9. The van der Waals surface area contributed by atoms with E-state index in [-0.39, 0.29) is 31.1 Å². The van der Waals surface area contributed by atoms with Crippen molar-refractivity contribution in [3.8, 4) is 0 Å². The minimum Gasteiger partial charge on any atom is -0.481 e. The number of carbonyl (C=O) groups excluding carboxylic acids is 3. The van der Waals surface area contributed by atoms with E-state index in [0.717, 1.165) is 22.4 Å². The summed E-state index contributed by atoms with van der Waals surface area (Å²) in [5.41, 5.74) is 0.948. The Morgan fingerprint density at radius 3 is 2.56 bits per heavy atom. The van der Waals surface area contributed by atoms with Crippen molar-refractivity contribution in [2.24, 2.45) is 5.92 Å².